The Hall–Kier alpha value is -1.55. The second-order valence-electron chi connectivity index (χ2n) is 6.24. The third kappa shape index (κ3) is 2.96. The summed E-state index contributed by atoms with van der Waals surface area (Å²) < 4.78 is 0. The number of carbonyl (C=O) groups excluding carboxylic acids is 1. The Morgan fingerprint density at radius 3 is 2.60 bits per heavy atom. The van der Waals surface area contributed by atoms with Crippen LogP contribution in [-0.4, -0.2) is 47.2 Å². The average molecular weight is 276 g/mol. The normalized spacial score (nSPS) is 19.9. The van der Waals surface area contributed by atoms with Crippen molar-refractivity contribution in [3.8, 4) is 0 Å². The lowest BCUT2D eigenvalue weighted by Crippen LogP contribution is -2.61. The van der Waals surface area contributed by atoms with Gasteiger partial charge in [-0.05, 0) is 45.4 Å². The van der Waals surface area contributed by atoms with Crippen LogP contribution in [0.25, 0.3) is 0 Å². The molecule has 1 fully saturated rings. The Labute approximate surface area is 121 Å². The second kappa shape index (κ2) is 5.44. The smallest absolute Gasteiger partial charge is 0.251 e. The summed E-state index contributed by atoms with van der Waals surface area (Å²) in [5.74, 6) is -0.179. The van der Waals surface area contributed by atoms with Crippen LogP contribution in [0, 0.1) is 6.92 Å². The van der Waals surface area contributed by atoms with E-state index < -0.39 is 6.10 Å². The molecule has 110 valence electrons. The molecule has 0 aromatic heterocycles. The fraction of sp³-hybridized carbons (Fsp3) is 0.562. The first kappa shape index (κ1) is 14.9. The molecule has 4 nitrogen and oxygen atoms in total. The SMILES string of the molecule is Cc1cccc(N2CCN(C(=O)[C@H](C)O)CC2(C)C)c1. The third-order valence-electron chi connectivity index (χ3n) is 3.88. The van der Waals surface area contributed by atoms with Crippen molar-refractivity contribution in [2.45, 2.75) is 39.3 Å². The molecule has 1 atom stereocenters. The molecule has 1 N–H and O–H groups in total. The molecule has 0 aliphatic carbocycles. The predicted octanol–water partition coefficient (Wildman–Crippen LogP) is 1.80. The number of benzene rings is 1. The van der Waals surface area contributed by atoms with Crippen LogP contribution in [0.15, 0.2) is 24.3 Å². The summed E-state index contributed by atoms with van der Waals surface area (Å²) in [4.78, 5) is 16.0. The predicted molar refractivity (Wildman–Crippen MR) is 80.9 cm³/mol. The molecule has 0 spiro atoms. The maximum Gasteiger partial charge on any atom is 0.251 e. The van der Waals surface area contributed by atoms with Crippen LogP contribution in [0.3, 0.4) is 0 Å². The number of carbonyl (C=O) groups is 1. The van der Waals surface area contributed by atoms with Gasteiger partial charge in [0.1, 0.15) is 6.10 Å². The quantitative estimate of drug-likeness (QED) is 0.896. The van der Waals surface area contributed by atoms with Gasteiger partial charge >= 0.3 is 0 Å². The second-order valence-corrected chi connectivity index (χ2v) is 6.24. The van der Waals surface area contributed by atoms with Crippen LogP contribution in [0.2, 0.25) is 0 Å². The molecule has 1 aromatic carbocycles. The fourth-order valence-electron chi connectivity index (χ4n) is 2.88. The Morgan fingerprint density at radius 1 is 1.35 bits per heavy atom. The highest BCUT2D eigenvalue weighted by Gasteiger charge is 2.36. The molecule has 4 heteroatoms. The highest BCUT2D eigenvalue weighted by Crippen LogP contribution is 2.28. The highest BCUT2D eigenvalue weighted by molar-refractivity contribution is 5.80. The molecular weight excluding hydrogens is 252 g/mol. The van der Waals surface area contributed by atoms with E-state index in [1.165, 1.54) is 18.2 Å². The molecule has 1 aromatic rings. The van der Waals surface area contributed by atoms with Gasteiger partial charge in [0.25, 0.3) is 5.91 Å². The molecule has 0 unspecified atom stereocenters. The van der Waals surface area contributed by atoms with Gasteiger partial charge in [0.05, 0.1) is 5.54 Å². The van der Waals surface area contributed by atoms with Crippen LogP contribution < -0.4 is 4.90 Å². The van der Waals surface area contributed by atoms with E-state index in [1.807, 2.05) is 0 Å². The van der Waals surface area contributed by atoms with Crippen LogP contribution >= 0.6 is 0 Å². The number of aryl methyl sites for hydroxylation is 1. The minimum atomic E-state index is -0.920. The molecule has 20 heavy (non-hydrogen) atoms. The molecule has 0 saturated carbocycles. The Balaban J connectivity index is 2.18. The van der Waals surface area contributed by atoms with Crippen LogP contribution in [-0.2, 0) is 4.79 Å². The van der Waals surface area contributed by atoms with Gasteiger partial charge in [-0.15, -0.1) is 0 Å². The Kier molecular flexibility index (Phi) is 4.04. The molecule has 0 bridgehead atoms. The topological polar surface area (TPSA) is 43.8 Å². The van der Waals surface area contributed by atoms with Crippen molar-refractivity contribution in [1.29, 1.82) is 0 Å². The molecular formula is C16H24N2O2. The van der Waals surface area contributed by atoms with Crippen molar-refractivity contribution in [2.24, 2.45) is 0 Å². The van der Waals surface area contributed by atoms with Crippen LogP contribution in [0.1, 0.15) is 26.3 Å². The summed E-state index contributed by atoms with van der Waals surface area (Å²) in [5, 5.41) is 9.46. The molecule has 2 rings (SSSR count). The van der Waals surface area contributed by atoms with Crippen molar-refractivity contribution in [3.05, 3.63) is 29.8 Å². The van der Waals surface area contributed by atoms with E-state index in [2.05, 4.69) is 49.9 Å². The van der Waals surface area contributed by atoms with E-state index in [1.54, 1.807) is 4.90 Å². The van der Waals surface area contributed by atoms with Crippen molar-refractivity contribution >= 4 is 11.6 Å². The van der Waals surface area contributed by atoms with Crippen molar-refractivity contribution in [3.63, 3.8) is 0 Å². The van der Waals surface area contributed by atoms with E-state index >= 15 is 0 Å². The summed E-state index contributed by atoms with van der Waals surface area (Å²) in [6, 6.07) is 8.44. The third-order valence-corrected chi connectivity index (χ3v) is 3.88. The zero-order valence-electron chi connectivity index (χ0n) is 12.8. The van der Waals surface area contributed by atoms with Crippen molar-refractivity contribution in [2.75, 3.05) is 24.5 Å². The molecule has 0 radical (unpaired) electrons. The molecule has 1 amide bonds. The van der Waals surface area contributed by atoms with Gasteiger partial charge in [0.2, 0.25) is 0 Å². The molecule has 1 aliphatic heterocycles. The summed E-state index contributed by atoms with van der Waals surface area (Å²) in [5.41, 5.74) is 2.29. The Bertz CT molecular complexity index is 497. The minimum Gasteiger partial charge on any atom is -0.384 e. The zero-order valence-corrected chi connectivity index (χ0v) is 12.8. The lowest BCUT2D eigenvalue weighted by atomic mass is 9.97. The zero-order chi connectivity index (χ0) is 14.9. The van der Waals surface area contributed by atoms with E-state index in [9.17, 15) is 9.90 Å². The number of aliphatic hydroxyl groups excluding tert-OH is 1. The van der Waals surface area contributed by atoms with Crippen LogP contribution in [0.4, 0.5) is 5.69 Å². The number of aliphatic hydroxyl groups is 1. The van der Waals surface area contributed by atoms with Gasteiger partial charge in [-0.1, -0.05) is 12.1 Å². The summed E-state index contributed by atoms with van der Waals surface area (Å²) in [6.45, 7) is 9.96. The van der Waals surface area contributed by atoms with Crippen LogP contribution in [0.5, 0.6) is 0 Å². The first-order valence-corrected chi connectivity index (χ1v) is 7.12. The lowest BCUT2D eigenvalue weighted by molar-refractivity contribution is -0.140. The average Bonchev–Trinajstić information content (AvgIpc) is 2.36. The van der Waals surface area contributed by atoms with E-state index in [0.717, 1.165) is 6.54 Å². The van der Waals surface area contributed by atoms with Gasteiger partial charge < -0.3 is 14.9 Å². The number of anilines is 1. The van der Waals surface area contributed by atoms with Gasteiger partial charge in [-0.2, -0.15) is 0 Å². The highest BCUT2D eigenvalue weighted by atomic mass is 16.3. The van der Waals surface area contributed by atoms with Gasteiger partial charge in [0, 0.05) is 25.3 Å². The van der Waals surface area contributed by atoms with Gasteiger partial charge in [0.15, 0.2) is 0 Å². The number of piperazine rings is 1. The van der Waals surface area contributed by atoms with Gasteiger partial charge in [-0.3, -0.25) is 4.79 Å². The number of hydrogen-bond acceptors (Lipinski definition) is 3. The maximum absolute atomic E-state index is 11.9. The van der Waals surface area contributed by atoms with Gasteiger partial charge in [-0.25, -0.2) is 0 Å². The van der Waals surface area contributed by atoms with Crippen molar-refractivity contribution < 1.29 is 9.90 Å². The first-order valence-electron chi connectivity index (χ1n) is 7.12. The first-order chi connectivity index (χ1) is 9.31. The lowest BCUT2D eigenvalue weighted by Gasteiger charge is -2.48. The Morgan fingerprint density at radius 2 is 2.05 bits per heavy atom. The van der Waals surface area contributed by atoms with E-state index in [-0.39, 0.29) is 11.4 Å². The largest absolute Gasteiger partial charge is 0.384 e. The minimum absolute atomic E-state index is 0.142. The number of hydrogen-bond donors (Lipinski definition) is 1. The van der Waals surface area contributed by atoms with Crippen molar-refractivity contribution in [1.82, 2.24) is 4.90 Å². The summed E-state index contributed by atoms with van der Waals surface area (Å²) in [6.07, 6.45) is -0.920. The van der Waals surface area contributed by atoms with E-state index in [4.69, 9.17) is 0 Å². The fourth-order valence-corrected chi connectivity index (χ4v) is 2.88. The molecule has 1 heterocycles. The monoisotopic (exact) mass is 276 g/mol. The number of nitrogens with zero attached hydrogens (tertiary/aromatic N) is 2. The summed E-state index contributed by atoms with van der Waals surface area (Å²) in [7, 11) is 0. The number of amides is 1. The summed E-state index contributed by atoms with van der Waals surface area (Å²) >= 11 is 0. The number of rotatable bonds is 2. The maximum atomic E-state index is 11.9. The molecule has 1 saturated heterocycles. The standard InChI is InChI=1S/C16H24N2O2/c1-12-6-5-7-14(10-12)18-9-8-17(11-16(18,3)4)15(20)13(2)19/h5-7,10,13,19H,8-9,11H2,1-4H3/t13-/m0/s1. The molecule has 1 aliphatic rings. The van der Waals surface area contributed by atoms with E-state index in [0.29, 0.717) is 13.1 Å².